The number of ether oxygens (including phenoxy) is 1. The van der Waals surface area contributed by atoms with Crippen LogP contribution in [0, 0.1) is 5.41 Å². The van der Waals surface area contributed by atoms with E-state index in [-0.39, 0.29) is 5.60 Å². The van der Waals surface area contributed by atoms with E-state index in [9.17, 15) is 5.11 Å². The molecule has 1 aliphatic rings. The molecule has 0 radical (unpaired) electrons. The highest BCUT2D eigenvalue weighted by Gasteiger charge is 2.26. The van der Waals surface area contributed by atoms with Gasteiger partial charge in [-0.15, -0.1) is 0 Å². The topological polar surface area (TPSA) is 41.5 Å². The molecule has 18 heavy (non-hydrogen) atoms. The summed E-state index contributed by atoms with van der Waals surface area (Å²) in [4.78, 5) is 0. The molecule has 1 atom stereocenters. The van der Waals surface area contributed by atoms with E-state index in [2.05, 4.69) is 12.2 Å². The lowest BCUT2D eigenvalue weighted by atomic mass is 9.76. The Kier molecular flexibility index (Phi) is 6.09. The van der Waals surface area contributed by atoms with Crippen LogP contribution in [0.25, 0.3) is 0 Å². The minimum Gasteiger partial charge on any atom is -0.389 e. The number of nitrogens with one attached hydrogen (secondary N) is 1. The molecule has 0 aromatic carbocycles. The third-order valence-electron chi connectivity index (χ3n) is 3.70. The number of aliphatic hydroxyl groups excluding tert-OH is 1. The lowest BCUT2D eigenvalue weighted by Gasteiger charge is -2.34. The first kappa shape index (κ1) is 15.9. The highest BCUT2D eigenvalue weighted by molar-refractivity contribution is 4.81. The van der Waals surface area contributed by atoms with Gasteiger partial charge in [-0.3, -0.25) is 0 Å². The van der Waals surface area contributed by atoms with Crippen molar-refractivity contribution in [2.24, 2.45) is 5.41 Å². The summed E-state index contributed by atoms with van der Waals surface area (Å²) in [7, 11) is 0. The molecular formula is C15H31NO2. The highest BCUT2D eigenvalue weighted by atomic mass is 16.5. The zero-order valence-corrected chi connectivity index (χ0v) is 12.6. The highest BCUT2D eigenvalue weighted by Crippen LogP contribution is 2.34. The first-order chi connectivity index (χ1) is 8.31. The van der Waals surface area contributed by atoms with Crippen molar-refractivity contribution in [3.05, 3.63) is 0 Å². The van der Waals surface area contributed by atoms with Gasteiger partial charge in [0.2, 0.25) is 0 Å². The van der Waals surface area contributed by atoms with Gasteiger partial charge < -0.3 is 15.2 Å². The Morgan fingerprint density at radius 3 is 2.39 bits per heavy atom. The number of aliphatic hydroxyl groups is 1. The molecule has 1 unspecified atom stereocenters. The molecular weight excluding hydrogens is 226 g/mol. The molecule has 0 aromatic heterocycles. The Bertz CT molecular complexity index is 229. The fraction of sp³-hybridized carbons (Fsp3) is 1.00. The lowest BCUT2D eigenvalue weighted by Crippen LogP contribution is -2.39. The smallest absolute Gasteiger partial charge is 0.0897 e. The maximum Gasteiger partial charge on any atom is 0.0897 e. The van der Waals surface area contributed by atoms with Crippen molar-refractivity contribution < 1.29 is 9.84 Å². The van der Waals surface area contributed by atoms with Crippen LogP contribution in [0.1, 0.15) is 59.8 Å². The van der Waals surface area contributed by atoms with Gasteiger partial charge in [-0.2, -0.15) is 0 Å². The van der Waals surface area contributed by atoms with Crippen LogP contribution in [0.15, 0.2) is 0 Å². The molecule has 1 saturated carbocycles. The predicted octanol–water partition coefficient (Wildman–Crippen LogP) is 2.72. The molecule has 0 aromatic rings. The van der Waals surface area contributed by atoms with E-state index in [4.69, 9.17) is 4.74 Å². The van der Waals surface area contributed by atoms with Crippen molar-refractivity contribution in [2.45, 2.75) is 71.5 Å². The van der Waals surface area contributed by atoms with Gasteiger partial charge in [0, 0.05) is 13.1 Å². The second-order valence-corrected chi connectivity index (χ2v) is 7.08. The first-order valence-electron chi connectivity index (χ1n) is 7.34. The minimum atomic E-state index is -0.406. The third kappa shape index (κ3) is 6.72. The maximum atomic E-state index is 9.84. The predicted molar refractivity (Wildman–Crippen MR) is 75.8 cm³/mol. The van der Waals surface area contributed by atoms with E-state index in [1.165, 1.54) is 32.1 Å². The van der Waals surface area contributed by atoms with Gasteiger partial charge in [0.25, 0.3) is 0 Å². The third-order valence-corrected chi connectivity index (χ3v) is 3.70. The second-order valence-electron chi connectivity index (χ2n) is 7.08. The summed E-state index contributed by atoms with van der Waals surface area (Å²) in [6.07, 6.45) is 6.32. The molecule has 0 amide bonds. The summed E-state index contributed by atoms with van der Waals surface area (Å²) in [5.74, 6) is 0. The molecule has 0 heterocycles. The Labute approximate surface area is 112 Å². The second kappa shape index (κ2) is 6.88. The van der Waals surface area contributed by atoms with Crippen LogP contribution in [-0.4, -0.2) is 36.5 Å². The Hall–Kier alpha value is -0.120. The molecule has 0 saturated heterocycles. The van der Waals surface area contributed by atoms with Crippen LogP contribution in [0.2, 0.25) is 0 Å². The van der Waals surface area contributed by atoms with E-state index in [0.717, 1.165) is 6.54 Å². The number of hydrogen-bond donors (Lipinski definition) is 2. The minimum absolute atomic E-state index is 0.170. The van der Waals surface area contributed by atoms with Crippen LogP contribution in [-0.2, 0) is 4.74 Å². The largest absolute Gasteiger partial charge is 0.389 e. The van der Waals surface area contributed by atoms with E-state index in [0.29, 0.717) is 18.6 Å². The monoisotopic (exact) mass is 257 g/mol. The van der Waals surface area contributed by atoms with Gasteiger partial charge in [0.15, 0.2) is 0 Å². The van der Waals surface area contributed by atoms with Crippen molar-refractivity contribution in [3.8, 4) is 0 Å². The van der Waals surface area contributed by atoms with Gasteiger partial charge in [0.1, 0.15) is 0 Å². The molecule has 2 N–H and O–H groups in total. The van der Waals surface area contributed by atoms with Gasteiger partial charge in [-0.05, 0) is 39.0 Å². The van der Waals surface area contributed by atoms with Crippen molar-refractivity contribution >= 4 is 0 Å². The number of hydrogen-bond acceptors (Lipinski definition) is 3. The Morgan fingerprint density at radius 1 is 1.22 bits per heavy atom. The average Bonchev–Trinajstić information content (AvgIpc) is 2.26. The van der Waals surface area contributed by atoms with Crippen LogP contribution < -0.4 is 5.32 Å². The average molecular weight is 257 g/mol. The Balaban J connectivity index is 2.13. The van der Waals surface area contributed by atoms with Crippen molar-refractivity contribution in [2.75, 3.05) is 19.7 Å². The molecule has 1 rings (SSSR count). The summed E-state index contributed by atoms with van der Waals surface area (Å²) in [6, 6.07) is 0. The molecule has 0 spiro atoms. The lowest BCUT2D eigenvalue weighted by molar-refractivity contribution is -0.0483. The normalized spacial score (nSPS) is 21.8. The summed E-state index contributed by atoms with van der Waals surface area (Å²) in [6.45, 7) is 10.4. The van der Waals surface area contributed by atoms with Crippen molar-refractivity contribution in [3.63, 3.8) is 0 Å². The standard InChI is InChI=1S/C15H31NO2/c1-14(2,3)18-11-13(17)10-16-12-15(4)8-6-5-7-9-15/h13,16-17H,5-12H2,1-4H3. The molecule has 3 heteroatoms. The van der Waals surface area contributed by atoms with E-state index in [1.807, 2.05) is 20.8 Å². The summed E-state index contributed by atoms with van der Waals surface area (Å²) < 4.78 is 5.57. The molecule has 108 valence electrons. The van der Waals surface area contributed by atoms with Crippen LogP contribution in [0.5, 0.6) is 0 Å². The Morgan fingerprint density at radius 2 is 1.83 bits per heavy atom. The van der Waals surface area contributed by atoms with E-state index >= 15 is 0 Å². The fourth-order valence-electron chi connectivity index (χ4n) is 2.53. The summed E-state index contributed by atoms with van der Waals surface area (Å²) in [5.41, 5.74) is 0.263. The van der Waals surface area contributed by atoms with Gasteiger partial charge in [-0.1, -0.05) is 26.2 Å². The van der Waals surface area contributed by atoms with Gasteiger partial charge >= 0.3 is 0 Å². The maximum absolute atomic E-state index is 9.84. The molecule has 0 bridgehead atoms. The van der Waals surface area contributed by atoms with Crippen LogP contribution in [0.3, 0.4) is 0 Å². The number of rotatable bonds is 6. The SMILES string of the molecule is CC1(CNCC(O)COC(C)(C)C)CCCCC1. The molecule has 0 aliphatic heterocycles. The molecule has 3 nitrogen and oxygen atoms in total. The zero-order chi connectivity index (χ0) is 13.6. The summed E-state index contributed by atoms with van der Waals surface area (Å²) in [5, 5.41) is 13.2. The van der Waals surface area contributed by atoms with Crippen molar-refractivity contribution in [1.29, 1.82) is 0 Å². The molecule has 1 fully saturated rings. The van der Waals surface area contributed by atoms with Gasteiger partial charge in [0.05, 0.1) is 18.3 Å². The zero-order valence-electron chi connectivity index (χ0n) is 12.6. The van der Waals surface area contributed by atoms with Crippen LogP contribution in [0.4, 0.5) is 0 Å². The first-order valence-corrected chi connectivity index (χ1v) is 7.34. The van der Waals surface area contributed by atoms with E-state index in [1.54, 1.807) is 0 Å². The quantitative estimate of drug-likeness (QED) is 0.769. The van der Waals surface area contributed by atoms with Gasteiger partial charge in [-0.25, -0.2) is 0 Å². The van der Waals surface area contributed by atoms with Crippen molar-refractivity contribution in [1.82, 2.24) is 5.32 Å². The van der Waals surface area contributed by atoms with E-state index < -0.39 is 6.10 Å². The molecule has 1 aliphatic carbocycles. The summed E-state index contributed by atoms with van der Waals surface area (Å²) >= 11 is 0. The fourth-order valence-corrected chi connectivity index (χ4v) is 2.53. The van der Waals surface area contributed by atoms with Crippen LogP contribution >= 0.6 is 0 Å².